The number of hydrogen-bond acceptors (Lipinski definition) is 9. The number of aryl methyl sites for hydroxylation is 1. The summed E-state index contributed by atoms with van der Waals surface area (Å²) in [5.74, 6) is 0.0407. The van der Waals surface area contributed by atoms with Crippen LogP contribution in [0.5, 0.6) is 11.6 Å². The highest BCUT2D eigenvalue weighted by molar-refractivity contribution is 5.64. The standard InChI is InChI=1S/C17H14N6O5/c1-11-2-8-14(9-3-11)28-17-15(23(26)27)16(18-10-19-17)21-20-12-4-6-13(7-5-12)22(24)25/h2-10,20H,1H3,(H,18,19,21). The Morgan fingerprint density at radius 1 is 0.893 bits per heavy atom. The molecular formula is C17H14N6O5. The summed E-state index contributed by atoms with van der Waals surface area (Å²) in [6, 6.07) is 12.4. The fourth-order valence-electron chi connectivity index (χ4n) is 2.21. The summed E-state index contributed by atoms with van der Waals surface area (Å²) >= 11 is 0. The maximum Gasteiger partial charge on any atom is 0.374 e. The van der Waals surface area contributed by atoms with Crippen LogP contribution in [0.4, 0.5) is 22.9 Å². The number of hydrazine groups is 1. The van der Waals surface area contributed by atoms with Crippen LogP contribution in [-0.4, -0.2) is 19.8 Å². The molecule has 142 valence electrons. The van der Waals surface area contributed by atoms with Gasteiger partial charge in [-0.1, -0.05) is 17.7 Å². The minimum Gasteiger partial charge on any atom is -0.434 e. The largest absolute Gasteiger partial charge is 0.434 e. The minimum atomic E-state index is -0.663. The van der Waals surface area contributed by atoms with Gasteiger partial charge in [0.15, 0.2) is 0 Å². The van der Waals surface area contributed by atoms with E-state index in [2.05, 4.69) is 20.8 Å². The van der Waals surface area contributed by atoms with Crippen molar-refractivity contribution in [3.05, 3.63) is 80.7 Å². The van der Waals surface area contributed by atoms with Gasteiger partial charge < -0.3 is 4.74 Å². The van der Waals surface area contributed by atoms with Gasteiger partial charge in [-0.25, -0.2) is 4.98 Å². The lowest BCUT2D eigenvalue weighted by Gasteiger charge is -2.11. The van der Waals surface area contributed by atoms with Crippen molar-refractivity contribution in [1.82, 2.24) is 9.97 Å². The number of nitro benzene ring substituents is 1. The molecule has 0 aliphatic heterocycles. The third-order valence-corrected chi connectivity index (χ3v) is 3.61. The molecule has 0 spiro atoms. The molecule has 1 heterocycles. The molecule has 0 radical (unpaired) electrons. The first-order valence-electron chi connectivity index (χ1n) is 7.94. The van der Waals surface area contributed by atoms with Crippen LogP contribution in [0.1, 0.15) is 5.56 Å². The highest BCUT2D eigenvalue weighted by atomic mass is 16.6. The maximum absolute atomic E-state index is 11.5. The fraction of sp³-hybridized carbons (Fsp3) is 0.0588. The predicted octanol–water partition coefficient (Wildman–Crippen LogP) is 3.83. The lowest BCUT2D eigenvalue weighted by molar-refractivity contribution is -0.385. The summed E-state index contributed by atoms with van der Waals surface area (Å²) in [6.07, 6.45) is 1.12. The van der Waals surface area contributed by atoms with Gasteiger partial charge in [-0.05, 0) is 31.2 Å². The molecule has 1 aromatic heterocycles. The van der Waals surface area contributed by atoms with E-state index in [4.69, 9.17) is 4.74 Å². The molecule has 11 heteroatoms. The normalized spacial score (nSPS) is 10.2. The quantitative estimate of drug-likeness (QED) is 0.459. The number of aromatic nitrogens is 2. The number of nitro groups is 2. The number of rotatable bonds is 7. The second kappa shape index (κ2) is 7.95. The van der Waals surface area contributed by atoms with Crippen molar-refractivity contribution in [1.29, 1.82) is 0 Å². The van der Waals surface area contributed by atoms with Crippen LogP contribution in [0.25, 0.3) is 0 Å². The molecule has 28 heavy (non-hydrogen) atoms. The van der Waals surface area contributed by atoms with E-state index >= 15 is 0 Å². The van der Waals surface area contributed by atoms with E-state index in [0.717, 1.165) is 11.9 Å². The lowest BCUT2D eigenvalue weighted by Crippen LogP contribution is -2.12. The average Bonchev–Trinajstić information content (AvgIpc) is 2.68. The number of hydrogen-bond donors (Lipinski definition) is 2. The first-order chi connectivity index (χ1) is 13.4. The fourth-order valence-corrected chi connectivity index (χ4v) is 2.21. The van der Waals surface area contributed by atoms with Crippen LogP contribution in [0.2, 0.25) is 0 Å². The molecule has 0 fully saturated rings. The number of anilines is 2. The number of nitrogens with zero attached hydrogens (tertiary/aromatic N) is 4. The summed E-state index contributed by atoms with van der Waals surface area (Å²) in [4.78, 5) is 28.7. The molecule has 11 nitrogen and oxygen atoms in total. The van der Waals surface area contributed by atoms with Crippen LogP contribution < -0.4 is 15.6 Å². The summed E-state index contributed by atoms with van der Waals surface area (Å²) in [6.45, 7) is 1.91. The minimum absolute atomic E-state index is 0.0765. The molecule has 3 aromatic rings. The number of ether oxygens (including phenoxy) is 1. The Morgan fingerprint density at radius 3 is 2.18 bits per heavy atom. The SMILES string of the molecule is Cc1ccc(Oc2ncnc(NNc3ccc([N+](=O)[O-])cc3)c2[N+](=O)[O-])cc1. The third kappa shape index (κ3) is 4.27. The van der Waals surface area contributed by atoms with E-state index in [0.29, 0.717) is 11.4 Å². The van der Waals surface area contributed by atoms with Crippen molar-refractivity contribution in [2.45, 2.75) is 6.92 Å². The van der Waals surface area contributed by atoms with Crippen LogP contribution in [0, 0.1) is 27.2 Å². The molecule has 0 atom stereocenters. The molecule has 2 N–H and O–H groups in total. The zero-order valence-electron chi connectivity index (χ0n) is 14.5. The first-order valence-corrected chi connectivity index (χ1v) is 7.94. The zero-order chi connectivity index (χ0) is 20.1. The number of non-ortho nitro benzene ring substituents is 1. The Bertz CT molecular complexity index is 1010. The van der Waals surface area contributed by atoms with Gasteiger partial charge in [0.25, 0.3) is 5.69 Å². The Morgan fingerprint density at radius 2 is 1.57 bits per heavy atom. The summed E-state index contributed by atoms with van der Waals surface area (Å²) in [5.41, 5.74) is 6.22. The van der Waals surface area contributed by atoms with Gasteiger partial charge in [-0.3, -0.25) is 31.1 Å². The van der Waals surface area contributed by atoms with Gasteiger partial charge in [-0.2, -0.15) is 4.98 Å². The molecule has 3 rings (SSSR count). The Balaban J connectivity index is 1.81. The van der Waals surface area contributed by atoms with E-state index in [9.17, 15) is 20.2 Å². The van der Waals surface area contributed by atoms with Crippen molar-refractivity contribution in [3.8, 4) is 11.6 Å². The highest BCUT2D eigenvalue weighted by Gasteiger charge is 2.25. The summed E-state index contributed by atoms with van der Waals surface area (Å²) in [7, 11) is 0. The smallest absolute Gasteiger partial charge is 0.374 e. The lowest BCUT2D eigenvalue weighted by atomic mass is 10.2. The zero-order valence-corrected chi connectivity index (χ0v) is 14.5. The van der Waals surface area contributed by atoms with Crippen LogP contribution >= 0.6 is 0 Å². The van der Waals surface area contributed by atoms with E-state index in [1.54, 1.807) is 24.3 Å². The second-order valence-corrected chi connectivity index (χ2v) is 5.60. The topological polar surface area (TPSA) is 145 Å². The molecule has 0 amide bonds. The first kappa shape index (κ1) is 18.5. The van der Waals surface area contributed by atoms with Gasteiger partial charge in [0.05, 0.1) is 15.5 Å². The highest BCUT2D eigenvalue weighted by Crippen LogP contribution is 2.34. The number of benzene rings is 2. The third-order valence-electron chi connectivity index (χ3n) is 3.61. The van der Waals surface area contributed by atoms with Gasteiger partial charge in [0.2, 0.25) is 5.82 Å². The van der Waals surface area contributed by atoms with Crippen molar-refractivity contribution < 1.29 is 14.6 Å². The van der Waals surface area contributed by atoms with E-state index < -0.39 is 15.5 Å². The van der Waals surface area contributed by atoms with E-state index in [-0.39, 0.29) is 17.4 Å². The molecule has 0 aliphatic rings. The van der Waals surface area contributed by atoms with Gasteiger partial charge >= 0.3 is 11.6 Å². The van der Waals surface area contributed by atoms with E-state index in [1.165, 1.54) is 24.3 Å². The Hall–Kier alpha value is -4.28. The van der Waals surface area contributed by atoms with Crippen LogP contribution in [0.15, 0.2) is 54.9 Å². The van der Waals surface area contributed by atoms with E-state index in [1.807, 2.05) is 6.92 Å². The van der Waals surface area contributed by atoms with Crippen LogP contribution in [-0.2, 0) is 0 Å². The van der Waals surface area contributed by atoms with Crippen LogP contribution in [0.3, 0.4) is 0 Å². The van der Waals surface area contributed by atoms with Crippen molar-refractivity contribution in [2.75, 3.05) is 10.9 Å². The maximum atomic E-state index is 11.5. The Labute approximate surface area is 158 Å². The average molecular weight is 382 g/mol. The van der Waals surface area contributed by atoms with Gasteiger partial charge in [-0.15, -0.1) is 0 Å². The summed E-state index contributed by atoms with van der Waals surface area (Å²) in [5, 5.41) is 22.2. The Kier molecular flexibility index (Phi) is 5.25. The van der Waals surface area contributed by atoms with Crippen molar-refractivity contribution >= 4 is 22.9 Å². The number of nitrogens with one attached hydrogen (secondary N) is 2. The molecule has 0 unspecified atom stereocenters. The molecule has 2 aromatic carbocycles. The summed E-state index contributed by atoms with van der Waals surface area (Å²) < 4.78 is 5.53. The molecular weight excluding hydrogens is 368 g/mol. The molecule has 0 bridgehead atoms. The van der Waals surface area contributed by atoms with Gasteiger partial charge in [0, 0.05) is 12.1 Å². The molecule has 0 aliphatic carbocycles. The van der Waals surface area contributed by atoms with Crippen molar-refractivity contribution in [3.63, 3.8) is 0 Å². The molecule has 0 saturated heterocycles. The second-order valence-electron chi connectivity index (χ2n) is 5.60. The van der Waals surface area contributed by atoms with Gasteiger partial charge in [0.1, 0.15) is 12.1 Å². The predicted molar refractivity (Wildman–Crippen MR) is 100 cm³/mol. The molecule has 0 saturated carbocycles. The monoisotopic (exact) mass is 382 g/mol. The van der Waals surface area contributed by atoms with Crippen molar-refractivity contribution in [2.24, 2.45) is 0 Å².